The molecule has 614 valence electrons. The molecule has 9 rings (SSSR count). The SMILES string of the molecule is CCC(CC)Oc1ccc(C(=O)Oc2ccc(/C=C/C(=O)OCC(COC(=O)/C=C/c3ccc(OC(=O)c4ccc(OC(CC)CC)cc4)cc3)c3cc(C(COC(=O)/C=C/c4ccc(OC(=O)c5ccc(OC(CC)CC)cc5)cc4)COC(=O)/C=C/c4ccc(OC(=O)c5ccc(OC(CC)CC)cc5)cc4)c(N)cc3N)cc2)cc1. The number of carbonyl (C=O) groups is 8. The second kappa shape index (κ2) is 45.6. The minimum atomic E-state index is -1.00. The summed E-state index contributed by atoms with van der Waals surface area (Å²) < 4.78 is 69.8. The number of anilines is 2. The number of hydrogen-bond donors (Lipinski definition) is 2. The van der Waals surface area contributed by atoms with Gasteiger partial charge in [-0.2, -0.15) is 0 Å². The maximum atomic E-state index is 13.7. The van der Waals surface area contributed by atoms with E-state index in [9.17, 15) is 38.4 Å². The van der Waals surface area contributed by atoms with Gasteiger partial charge in [-0.25, -0.2) is 38.4 Å². The number of rotatable bonds is 42. The molecular weight excluding hydrogens is 1500 g/mol. The first-order valence-corrected chi connectivity index (χ1v) is 39.6. The van der Waals surface area contributed by atoms with Crippen LogP contribution in [-0.4, -0.2) is 98.6 Å². The Bertz CT molecular complexity index is 4320. The van der Waals surface area contributed by atoms with Crippen LogP contribution in [0.4, 0.5) is 11.4 Å². The van der Waals surface area contributed by atoms with E-state index in [2.05, 4.69) is 0 Å². The van der Waals surface area contributed by atoms with Crippen LogP contribution in [0, 0.1) is 0 Å². The van der Waals surface area contributed by atoms with E-state index in [0.29, 0.717) is 67.5 Å². The molecule has 0 aliphatic carbocycles. The number of carbonyl (C=O) groups excluding carboxylic acids is 8. The van der Waals surface area contributed by atoms with Gasteiger partial charge in [0.25, 0.3) is 0 Å². The minimum Gasteiger partial charge on any atom is -0.490 e. The summed E-state index contributed by atoms with van der Waals surface area (Å²) in [5.74, 6) is -3.94. The van der Waals surface area contributed by atoms with Crippen LogP contribution < -0.4 is 49.4 Å². The highest BCUT2D eigenvalue weighted by Crippen LogP contribution is 2.35. The van der Waals surface area contributed by atoms with Crippen LogP contribution in [0.1, 0.15) is 193 Å². The second-order valence-electron chi connectivity index (χ2n) is 27.5. The summed E-state index contributed by atoms with van der Waals surface area (Å²) in [6.07, 6.45) is 17.7. The Hall–Kier alpha value is -13.5. The van der Waals surface area contributed by atoms with Crippen LogP contribution in [0.2, 0.25) is 0 Å². The van der Waals surface area contributed by atoms with Gasteiger partial charge < -0.3 is 68.3 Å². The van der Waals surface area contributed by atoms with Crippen molar-refractivity contribution in [2.75, 3.05) is 37.9 Å². The average molecular weight is 1600 g/mol. The Balaban J connectivity index is 0.917. The second-order valence-corrected chi connectivity index (χ2v) is 27.5. The molecule has 0 aromatic heterocycles. The van der Waals surface area contributed by atoms with E-state index in [4.69, 9.17) is 68.3 Å². The van der Waals surface area contributed by atoms with E-state index in [1.54, 1.807) is 200 Å². The molecule has 0 aliphatic heterocycles. The molecule has 118 heavy (non-hydrogen) atoms. The molecule has 0 bridgehead atoms. The average Bonchev–Trinajstić information content (AvgIpc) is 0.803. The molecule has 0 aliphatic rings. The van der Waals surface area contributed by atoms with Crippen molar-refractivity contribution in [2.45, 2.75) is 143 Å². The van der Waals surface area contributed by atoms with Crippen LogP contribution in [0.25, 0.3) is 24.3 Å². The van der Waals surface area contributed by atoms with Crippen LogP contribution >= 0.6 is 0 Å². The molecule has 0 spiro atoms. The molecule has 0 amide bonds. The van der Waals surface area contributed by atoms with Crippen molar-refractivity contribution in [3.05, 3.63) is 286 Å². The lowest BCUT2D eigenvalue weighted by Crippen LogP contribution is -2.22. The van der Waals surface area contributed by atoms with Gasteiger partial charge in [0.15, 0.2) is 0 Å². The zero-order valence-corrected chi connectivity index (χ0v) is 67.5. The van der Waals surface area contributed by atoms with Crippen LogP contribution in [0.5, 0.6) is 46.0 Å². The number of nitrogen functional groups attached to an aromatic ring is 2. The molecule has 0 radical (unpaired) electrons. The molecule has 0 unspecified atom stereocenters. The van der Waals surface area contributed by atoms with Crippen molar-refractivity contribution in [2.24, 2.45) is 0 Å². The molecule has 0 heterocycles. The fourth-order valence-electron chi connectivity index (χ4n) is 11.9. The highest BCUT2D eigenvalue weighted by Gasteiger charge is 2.26. The normalized spacial score (nSPS) is 11.4. The Kier molecular flexibility index (Phi) is 34.1. The first-order chi connectivity index (χ1) is 57.1. The van der Waals surface area contributed by atoms with Gasteiger partial charge >= 0.3 is 47.8 Å². The molecule has 0 fully saturated rings. The largest absolute Gasteiger partial charge is 0.490 e. The van der Waals surface area contributed by atoms with Gasteiger partial charge in [0.2, 0.25) is 0 Å². The molecule has 4 N–H and O–H groups in total. The van der Waals surface area contributed by atoms with E-state index in [0.717, 1.165) is 51.4 Å². The van der Waals surface area contributed by atoms with Gasteiger partial charge in [-0.1, -0.05) is 110 Å². The Morgan fingerprint density at radius 1 is 0.263 bits per heavy atom. The zero-order valence-electron chi connectivity index (χ0n) is 67.5. The lowest BCUT2D eigenvalue weighted by molar-refractivity contribution is -0.142. The molecule has 0 saturated carbocycles. The van der Waals surface area contributed by atoms with Crippen LogP contribution in [-0.2, 0) is 38.1 Å². The molecule has 0 saturated heterocycles. The lowest BCUT2D eigenvalue weighted by Gasteiger charge is -2.24. The Morgan fingerprint density at radius 2 is 0.449 bits per heavy atom. The fourth-order valence-corrected chi connectivity index (χ4v) is 11.9. The van der Waals surface area contributed by atoms with E-state index in [-0.39, 0.29) is 69.9 Å². The van der Waals surface area contributed by atoms with Gasteiger partial charge in [0.05, 0.1) is 58.5 Å². The third kappa shape index (κ3) is 27.9. The third-order valence-corrected chi connectivity index (χ3v) is 19.1. The lowest BCUT2D eigenvalue weighted by atomic mass is 9.90. The van der Waals surface area contributed by atoms with Gasteiger partial charge in [0.1, 0.15) is 72.4 Å². The highest BCUT2D eigenvalue weighted by molar-refractivity contribution is 5.94. The summed E-state index contributed by atoms with van der Waals surface area (Å²) in [5, 5.41) is 0. The van der Waals surface area contributed by atoms with E-state index in [1.165, 1.54) is 54.7 Å². The summed E-state index contributed by atoms with van der Waals surface area (Å²) in [5.41, 5.74) is 17.8. The predicted molar refractivity (Wildman–Crippen MR) is 452 cm³/mol. The first kappa shape index (κ1) is 88.4. The van der Waals surface area contributed by atoms with Gasteiger partial charge in [-0.3, -0.25) is 0 Å². The summed E-state index contributed by atoms with van der Waals surface area (Å²) in [7, 11) is 0. The topological polar surface area (TPSA) is 299 Å². The van der Waals surface area contributed by atoms with Crippen molar-refractivity contribution in [3.8, 4) is 46.0 Å². The highest BCUT2D eigenvalue weighted by atomic mass is 16.6. The minimum absolute atomic E-state index is 0.0553. The molecule has 9 aromatic rings. The number of esters is 8. The van der Waals surface area contributed by atoms with E-state index in [1.807, 2.05) is 55.4 Å². The van der Waals surface area contributed by atoms with Crippen LogP contribution in [0.15, 0.2) is 231 Å². The quantitative estimate of drug-likeness (QED) is 0.0118. The van der Waals surface area contributed by atoms with Crippen molar-refractivity contribution in [3.63, 3.8) is 0 Å². The zero-order chi connectivity index (χ0) is 84.3. The molecule has 0 atom stereocenters. The maximum absolute atomic E-state index is 13.7. The fraction of sp³-hybridized carbons (Fsp3) is 0.271. The number of ether oxygens (including phenoxy) is 12. The summed E-state index contributed by atoms with van der Waals surface area (Å²) >= 11 is 0. The maximum Gasteiger partial charge on any atom is 0.343 e. The summed E-state index contributed by atoms with van der Waals surface area (Å²) in [6, 6.07) is 55.5. The Morgan fingerprint density at radius 3 is 0.636 bits per heavy atom. The molecule has 22 heteroatoms. The van der Waals surface area contributed by atoms with E-state index >= 15 is 0 Å². The molecular formula is C96H100N2O20. The number of hydrogen-bond acceptors (Lipinski definition) is 22. The monoisotopic (exact) mass is 1600 g/mol. The number of nitrogens with two attached hydrogens (primary N) is 2. The van der Waals surface area contributed by atoms with Gasteiger partial charge in [-0.05, 0) is 261 Å². The third-order valence-electron chi connectivity index (χ3n) is 19.1. The number of benzene rings is 9. The summed E-state index contributed by atoms with van der Waals surface area (Å²) in [4.78, 5) is 107. The van der Waals surface area contributed by atoms with Crippen molar-refractivity contribution in [1.29, 1.82) is 0 Å². The molecule has 22 nitrogen and oxygen atoms in total. The van der Waals surface area contributed by atoms with Crippen molar-refractivity contribution >= 4 is 83.4 Å². The van der Waals surface area contributed by atoms with Crippen molar-refractivity contribution in [1.82, 2.24) is 0 Å². The predicted octanol–water partition coefficient (Wildman–Crippen LogP) is 19.2. The molecule has 9 aromatic carbocycles. The van der Waals surface area contributed by atoms with Gasteiger partial charge in [0, 0.05) is 35.7 Å². The van der Waals surface area contributed by atoms with Gasteiger partial charge in [-0.15, -0.1) is 0 Å². The van der Waals surface area contributed by atoms with E-state index < -0.39 is 86.0 Å². The smallest absolute Gasteiger partial charge is 0.343 e. The standard InChI is InChI=1S/C96H100N2O20/c1-9-73(10-2)111-77-45-29-67(30-46-77)93(103)115-81-37-17-63(18-38-81)25-53-89(99)107-59-71(60-108-90(100)54-26-64-19-39-82(40-20-64)116-94(104)68-31-47-78(48-32-68)112-74(11-3)12-4)85-57-86(88(98)58-87(85)97)72(61-109-91(101)55-27-65-21-41-83(42-22-65)117-95(105)69-33-49-79(50-34-69)113-75(13-5)14-6)62-110-92(102)56-28-66-23-43-84(44-24-66)118-96(106)70-35-51-80(52-36-70)114-76(15-7)16-8/h17-58,71-76H,9-16,59-62,97-98H2,1-8H3/b53-25+,54-26+,55-27+,56-28+. The van der Waals surface area contributed by atoms with Crippen molar-refractivity contribution < 1.29 is 95.2 Å². The van der Waals surface area contributed by atoms with Crippen LogP contribution in [0.3, 0.4) is 0 Å². The summed E-state index contributed by atoms with van der Waals surface area (Å²) in [6.45, 7) is 14.6. The first-order valence-electron chi connectivity index (χ1n) is 39.6. The Labute approximate surface area is 688 Å².